The molecule has 1 heterocycles. The van der Waals surface area contributed by atoms with Crippen molar-refractivity contribution in [3.05, 3.63) is 35.9 Å². The minimum absolute atomic E-state index is 0. The van der Waals surface area contributed by atoms with Gasteiger partial charge in [0.05, 0.1) is 12.1 Å². The molecule has 1 aromatic rings. The zero-order valence-electron chi connectivity index (χ0n) is 15.2. The highest BCUT2D eigenvalue weighted by Gasteiger charge is 2.36. The number of benzene rings is 1. The molecule has 148 valence electrons. The van der Waals surface area contributed by atoms with E-state index < -0.39 is 6.10 Å². The maximum Gasteiger partial charge on any atom is 0.237 e. The second-order valence-electron chi connectivity index (χ2n) is 7.33. The molecule has 0 radical (unpaired) electrons. The summed E-state index contributed by atoms with van der Waals surface area (Å²) in [6.07, 6.45) is 4.68. The Bertz CT molecular complexity index is 553. The Morgan fingerprint density at radius 3 is 2.50 bits per heavy atom. The summed E-state index contributed by atoms with van der Waals surface area (Å²) >= 11 is 0. The summed E-state index contributed by atoms with van der Waals surface area (Å²) in [4.78, 5) is 12.3. The van der Waals surface area contributed by atoms with Gasteiger partial charge in [-0.2, -0.15) is 0 Å². The van der Waals surface area contributed by atoms with Crippen LogP contribution >= 0.6 is 24.8 Å². The number of carbonyl (C=O) groups is 1. The second-order valence-corrected chi connectivity index (χ2v) is 7.33. The number of amides is 1. The molecule has 5 nitrogen and oxygen atoms in total. The molecule has 4 N–H and O–H groups in total. The fraction of sp³-hybridized carbons (Fsp3) is 0.632. The Kier molecular flexibility index (Phi) is 9.34. The van der Waals surface area contributed by atoms with Gasteiger partial charge in [-0.3, -0.25) is 4.79 Å². The van der Waals surface area contributed by atoms with E-state index in [0.717, 1.165) is 12.8 Å². The average Bonchev–Trinajstić information content (AvgIpc) is 3.23. The van der Waals surface area contributed by atoms with Crippen LogP contribution in [0.1, 0.15) is 50.6 Å². The maximum atomic E-state index is 12.3. The lowest BCUT2D eigenvalue weighted by Crippen LogP contribution is -2.54. The first-order valence-corrected chi connectivity index (χ1v) is 9.10. The van der Waals surface area contributed by atoms with Gasteiger partial charge in [0, 0.05) is 24.7 Å². The van der Waals surface area contributed by atoms with Crippen LogP contribution in [-0.4, -0.2) is 41.8 Å². The zero-order chi connectivity index (χ0) is 17.0. The number of halogens is 2. The molecule has 3 unspecified atom stereocenters. The molecular weight excluding hydrogens is 373 g/mol. The lowest BCUT2D eigenvalue weighted by atomic mass is 9.94. The summed E-state index contributed by atoms with van der Waals surface area (Å²) in [6, 6.07) is 10.4. The maximum absolute atomic E-state index is 12.3. The van der Waals surface area contributed by atoms with Crippen molar-refractivity contribution in [2.75, 3.05) is 13.1 Å². The Labute approximate surface area is 168 Å². The van der Waals surface area contributed by atoms with E-state index in [-0.39, 0.29) is 48.3 Å². The number of aliphatic hydroxyl groups is 1. The van der Waals surface area contributed by atoms with Crippen LogP contribution in [0.5, 0.6) is 0 Å². The standard InChI is InChI=1S/C19H29N3O2.2ClH/c1-14(15-7-3-2-4-8-15)22-19(9-5-6-10-19)13-21-18(24)17-11-16(23)12-20-17;;/h2-4,7-8,14,16-17,20,22-23H,5-6,9-13H2,1H3,(H,21,24);2*1H. The summed E-state index contributed by atoms with van der Waals surface area (Å²) < 4.78 is 0. The molecule has 3 atom stereocenters. The van der Waals surface area contributed by atoms with Crippen molar-refractivity contribution in [2.45, 2.75) is 62.8 Å². The van der Waals surface area contributed by atoms with E-state index >= 15 is 0 Å². The predicted molar refractivity (Wildman–Crippen MR) is 109 cm³/mol. The van der Waals surface area contributed by atoms with Gasteiger partial charge in [0.15, 0.2) is 0 Å². The van der Waals surface area contributed by atoms with E-state index in [1.165, 1.54) is 18.4 Å². The summed E-state index contributed by atoms with van der Waals surface area (Å²) in [6.45, 7) is 3.34. The highest BCUT2D eigenvalue weighted by molar-refractivity contribution is 5.85. The molecule has 3 rings (SSSR count). The third kappa shape index (κ3) is 5.83. The van der Waals surface area contributed by atoms with E-state index in [1.54, 1.807) is 0 Å². The fourth-order valence-corrected chi connectivity index (χ4v) is 4.00. The third-order valence-electron chi connectivity index (χ3n) is 5.41. The lowest BCUT2D eigenvalue weighted by Gasteiger charge is -2.34. The minimum Gasteiger partial charge on any atom is -0.392 e. The summed E-state index contributed by atoms with van der Waals surface area (Å²) in [7, 11) is 0. The largest absolute Gasteiger partial charge is 0.392 e. The number of carbonyl (C=O) groups excluding carboxylic acids is 1. The summed E-state index contributed by atoms with van der Waals surface area (Å²) in [5.41, 5.74) is 1.25. The third-order valence-corrected chi connectivity index (χ3v) is 5.41. The smallest absolute Gasteiger partial charge is 0.237 e. The Morgan fingerprint density at radius 2 is 1.92 bits per heavy atom. The van der Waals surface area contributed by atoms with Gasteiger partial charge in [-0.25, -0.2) is 0 Å². The SMILES string of the molecule is CC(NC1(CNC(=O)C2CC(O)CN2)CCCC1)c1ccccc1.Cl.Cl. The fourth-order valence-electron chi connectivity index (χ4n) is 4.00. The number of hydrogen-bond acceptors (Lipinski definition) is 4. The van der Waals surface area contributed by atoms with E-state index in [9.17, 15) is 9.90 Å². The molecule has 2 fully saturated rings. The highest BCUT2D eigenvalue weighted by atomic mass is 35.5. The molecule has 0 spiro atoms. The first-order valence-electron chi connectivity index (χ1n) is 9.10. The van der Waals surface area contributed by atoms with Crippen LogP contribution in [0.2, 0.25) is 0 Å². The van der Waals surface area contributed by atoms with Crippen molar-refractivity contribution >= 4 is 30.7 Å². The summed E-state index contributed by atoms with van der Waals surface area (Å²) in [5.74, 6) is 0.00647. The molecule has 2 aliphatic rings. The first-order chi connectivity index (χ1) is 11.6. The van der Waals surface area contributed by atoms with E-state index in [4.69, 9.17) is 0 Å². The van der Waals surface area contributed by atoms with E-state index in [1.807, 2.05) is 6.07 Å². The first kappa shape index (κ1) is 23.2. The Balaban J connectivity index is 0.00000169. The van der Waals surface area contributed by atoms with Crippen molar-refractivity contribution in [1.82, 2.24) is 16.0 Å². The van der Waals surface area contributed by atoms with Gasteiger partial charge >= 0.3 is 0 Å². The van der Waals surface area contributed by atoms with Gasteiger partial charge in [0.25, 0.3) is 0 Å². The average molecular weight is 404 g/mol. The number of β-amino-alcohol motifs (C(OH)–C–C–N with tert-alkyl or cyclic N) is 1. The van der Waals surface area contributed by atoms with Gasteiger partial charge in [0.1, 0.15) is 0 Å². The van der Waals surface area contributed by atoms with Crippen LogP contribution in [0, 0.1) is 0 Å². The van der Waals surface area contributed by atoms with Crippen LogP contribution in [0.3, 0.4) is 0 Å². The zero-order valence-corrected chi connectivity index (χ0v) is 16.9. The van der Waals surface area contributed by atoms with Gasteiger partial charge in [-0.05, 0) is 31.7 Å². The highest BCUT2D eigenvalue weighted by Crippen LogP contribution is 2.32. The number of hydrogen-bond donors (Lipinski definition) is 4. The molecule has 0 aromatic heterocycles. The van der Waals surface area contributed by atoms with Crippen molar-refractivity contribution in [1.29, 1.82) is 0 Å². The molecule has 1 aliphatic heterocycles. The van der Waals surface area contributed by atoms with Gasteiger partial charge in [-0.15, -0.1) is 24.8 Å². The Morgan fingerprint density at radius 1 is 1.27 bits per heavy atom. The monoisotopic (exact) mass is 403 g/mol. The van der Waals surface area contributed by atoms with Crippen molar-refractivity contribution in [3.8, 4) is 0 Å². The molecule has 7 heteroatoms. The van der Waals surface area contributed by atoms with E-state index in [0.29, 0.717) is 19.5 Å². The quantitative estimate of drug-likeness (QED) is 0.587. The van der Waals surface area contributed by atoms with Crippen LogP contribution < -0.4 is 16.0 Å². The topological polar surface area (TPSA) is 73.4 Å². The molecule has 1 saturated heterocycles. The molecule has 1 aromatic carbocycles. The molecule has 0 bridgehead atoms. The number of rotatable bonds is 6. The van der Waals surface area contributed by atoms with Gasteiger partial charge in [-0.1, -0.05) is 43.2 Å². The van der Waals surface area contributed by atoms with Crippen LogP contribution in [0.4, 0.5) is 0 Å². The molecule has 1 amide bonds. The Hall–Kier alpha value is -0.850. The molecule has 1 saturated carbocycles. The number of aliphatic hydroxyl groups excluding tert-OH is 1. The van der Waals surface area contributed by atoms with Gasteiger partial charge < -0.3 is 21.1 Å². The minimum atomic E-state index is -0.405. The molecular formula is C19H31Cl2N3O2. The normalized spacial score (nSPS) is 25.0. The van der Waals surface area contributed by atoms with Crippen molar-refractivity contribution < 1.29 is 9.90 Å². The lowest BCUT2D eigenvalue weighted by molar-refractivity contribution is -0.123. The van der Waals surface area contributed by atoms with Crippen LogP contribution in [0.25, 0.3) is 0 Å². The summed E-state index contributed by atoms with van der Waals surface area (Å²) in [5, 5.41) is 19.5. The molecule has 26 heavy (non-hydrogen) atoms. The molecule has 1 aliphatic carbocycles. The predicted octanol–water partition coefficient (Wildman–Crippen LogP) is 2.33. The van der Waals surface area contributed by atoms with Gasteiger partial charge in [0.2, 0.25) is 5.91 Å². The second kappa shape index (κ2) is 10.5. The van der Waals surface area contributed by atoms with Crippen molar-refractivity contribution in [3.63, 3.8) is 0 Å². The van der Waals surface area contributed by atoms with Crippen molar-refractivity contribution in [2.24, 2.45) is 0 Å². The van der Waals surface area contributed by atoms with E-state index in [2.05, 4.69) is 47.1 Å². The number of nitrogens with one attached hydrogen (secondary N) is 3. The van der Waals surface area contributed by atoms with Crippen LogP contribution in [0.15, 0.2) is 30.3 Å². The van der Waals surface area contributed by atoms with Crippen LogP contribution in [-0.2, 0) is 4.79 Å².